The molecule has 162 valence electrons. The van der Waals surface area contributed by atoms with Gasteiger partial charge in [-0.25, -0.2) is 0 Å². The van der Waals surface area contributed by atoms with Crippen molar-refractivity contribution < 1.29 is 23.9 Å². The van der Waals surface area contributed by atoms with Gasteiger partial charge in [0.15, 0.2) is 6.10 Å². The first-order chi connectivity index (χ1) is 14.7. The van der Waals surface area contributed by atoms with Crippen LogP contribution in [0.5, 0.6) is 0 Å². The predicted octanol–water partition coefficient (Wildman–Crippen LogP) is 3.56. The summed E-state index contributed by atoms with van der Waals surface area (Å²) in [7, 11) is 0. The lowest BCUT2D eigenvalue weighted by Gasteiger charge is -2.16. The van der Waals surface area contributed by atoms with Crippen molar-refractivity contribution in [3.63, 3.8) is 0 Å². The average molecular weight is 422 g/mol. The van der Waals surface area contributed by atoms with E-state index < -0.39 is 18.0 Å². The molecule has 0 aliphatic carbocycles. The SMILES string of the molecule is Cc1ccc(NC(=O)C(C)OC(=O)CCCN2C(=O)c3ccc(C)cc3C2=O)c(C)c1. The summed E-state index contributed by atoms with van der Waals surface area (Å²) in [5.74, 6) is -1.68. The fraction of sp³-hybridized carbons (Fsp3) is 0.333. The molecule has 0 radical (unpaired) electrons. The van der Waals surface area contributed by atoms with Gasteiger partial charge in [0.25, 0.3) is 17.7 Å². The quantitative estimate of drug-likeness (QED) is 0.544. The number of carbonyl (C=O) groups is 4. The van der Waals surface area contributed by atoms with E-state index in [9.17, 15) is 19.2 Å². The van der Waals surface area contributed by atoms with Gasteiger partial charge in [0.05, 0.1) is 11.1 Å². The van der Waals surface area contributed by atoms with Crippen LogP contribution < -0.4 is 5.32 Å². The molecule has 7 heteroatoms. The normalized spacial score (nSPS) is 13.7. The Hall–Kier alpha value is -3.48. The number of carbonyl (C=O) groups excluding carboxylic acids is 4. The van der Waals surface area contributed by atoms with Gasteiger partial charge in [-0.1, -0.05) is 29.3 Å². The third-order valence-corrected chi connectivity index (χ3v) is 5.21. The second kappa shape index (κ2) is 9.12. The van der Waals surface area contributed by atoms with Crippen LogP contribution in [-0.2, 0) is 14.3 Å². The minimum absolute atomic E-state index is 0.00634. The monoisotopic (exact) mass is 422 g/mol. The molecule has 1 unspecified atom stereocenters. The highest BCUT2D eigenvalue weighted by atomic mass is 16.5. The summed E-state index contributed by atoms with van der Waals surface area (Å²) in [4.78, 5) is 50.5. The molecule has 1 atom stereocenters. The zero-order chi connectivity index (χ0) is 22.7. The standard InChI is InChI=1S/C24H26N2O5/c1-14-8-10-20(16(3)12-14)25-22(28)17(4)31-21(27)6-5-11-26-23(29)18-9-7-15(2)13-19(18)24(26)30/h7-10,12-13,17H,5-6,11H2,1-4H3,(H,25,28). The van der Waals surface area contributed by atoms with Gasteiger partial charge in [0, 0.05) is 18.7 Å². The third kappa shape index (κ3) is 4.99. The predicted molar refractivity (Wildman–Crippen MR) is 116 cm³/mol. The van der Waals surface area contributed by atoms with E-state index in [1.165, 1.54) is 6.92 Å². The topological polar surface area (TPSA) is 92.8 Å². The van der Waals surface area contributed by atoms with Crippen molar-refractivity contribution in [2.45, 2.75) is 46.6 Å². The van der Waals surface area contributed by atoms with Crippen molar-refractivity contribution in [3.05, 3.63) is 64.2 Å². The fourth-order valence-electron chi connectivity index (χ4n) is 3.49. The number of nitrogens with one attached hydrogen (secondary N) is 1. The Kier molecular flexibility index (Phi) is 6.53. The first-order valence-electron chi connectivity index (χ1n) is 10.2. The molecule has 2 aromatic carbocycles. The van der Waals surface area contributed by atoms with Crippen LogP contribution in [0, 0.1) is 20.8 Å². The van der Waals surface area contributed by atoms with Crippen LogP contribution in [0.25, 0.3) is 0 Å². The maximum Gasteiger partial charge on any atom is 0.306 e. The van der Waals surface area contributed by atoms with Gasteiger partial charge >= 0.3 is 5.97 Å². The minimum atomic E-state index is -0.963. The van der Waals surface area contributed by atoms with E-state index in [-0.39, 0.29) is 31.2 Å². The van der Waals surface area contributed by atoms with Crippen molar-refractivity contribution in [1.29, 1.82) is 0 Å². The van der Waals surface area contributed by atoms with Crippen LogP contribution in [-0.4, -0.2) is 41.2 Å². The lowest BCUT2D eigenvalue weighted by atomic mass is 10.1. The average Bonchev–Trinajstić information content (AvgIpc) is 2.94. The molecule has 0 spiro atoms. The van der Waals surface area contributed by atoms with Gasteiger partial charge < -0.3 is 10.1 Å². The highest BCUT2D eigenvalue weighted by molar-refractivity contribution is 6.21. The highest BCUT2D eigenvalue weighted by Crippen LogP contribution is 2.24. The largest absolute Gasteiger partial charge is 0.453 e. The molecular formula is C24H26N2O5. The molecule has 0 saturated carbocycles. The van der Waals surface area contributed by atoms with E-state index in [0.717, 1.165) is 21.6 Å². The molecular weight excluding hydrogens is 396 g/mol. The second-order valence-corrected chi connectivity index (χ2v) is 7.85. The minimum Gasteiger partial charge on any atom is -0.453 e. The number of hydrogen-bond acceptors (Lipinski definition) is 5. The van der Waals surface area contributed by atoms with Crippen LogP contribution in [0.1, 0.15) is 57.2 Å². The summed E-state index contributed by atoms with van der Waals surface area (Å²) < 4.78 is 5.20. The summed E-state index contributed by atoms with van der Waals surface area (Å²) in [6, 6.07) is 10.8. The van der Waals surface area contributed by atoms with Gasteiger partial charge in [0.2, 0.25) is 0 Å². The maximum absolute atomic E-state index is 12.5. The number of ether oxygens (including phenoxy) is 1. The highest BCUT2D eigenvalue weighted by Gasteiger charge is 2.35. The summed E-state index contributed by atoms with van der Waals surface area (Å²) in [6.45, 7) is 7.33. The Morgan fingerprint density at radius 1 is 0.968 bits per heavy atom. The lowest BCUT2D eigenvalue weighted by Crippen LogP contribution is -2.32. The fourth-order valence-corrected chi connectivity index (χ4v) is 3.49. The number of aryl methyl sites for hydroxylation is 3. The van der Waals surface area contributed by atoms with Crippen molar-refractivity contribution in [2.24, 2.45) is 0 Å². The number of amides is 3. The molecule has 1 N–H and O–H groups in total. The second-order valence-electron chi connectivity index (χ2n) is 7.85. The van der Waals surface area contributed by atoms with Gasteiger partial charge in [-0.15, -0.1) is 0 Å². The molecule has 1 aliphatic rings. The van der Waals surface area contributed by atoms with Gasteiger partial charge in [-0.2, -0.15) is 0 Å². The zero-order valence-electron chi connectivity index (χ0n) is 18.2. The van der Waals surface area contributed by atoms with E-state index >= 15 is 0 Å². The molecule has 31 heavy (non-hydrogen) atoms. The number of rotatable bonds is 7. The molecule has 3 rings (SSSR count). The van der Waals surface area contributed by atoms with Crippen molar-refractivity contribution in [3.8, 4) is 0 Å². The van der Waals surface area contributed by atoms with E-state index in [2.05, 4.69) is 5.32 Å². The molecule has 7 nitrogen and oxygen atoms in total. The molecule has 1 aliphatic heterocycles. The Balaban J connectivity index is 1.47. The van der Waals surface area contributed by atoms with E-state index in [4.69, 9.17) is 4.74 Å². The number of nitrogens with zero attached hydrogens (tertiary/aromatic N) is 1. The number of imide groups is 1. The Labute approximate surface area is 181 Å². The van der Waals surface area contributed by atoms with Gasteiger partial charge in [-0.05, 0) is 57.9 Å². The molecule has 0 fully saturated rings. The first kappa shape index (κ1) is 22.2. The molecule has 2 aromatic rings. The first-order valence-corrected chi connectivity index (χ1v) is 10.2. The van der Waals surface area contributed by atoms with Crippen LogP contribution in [0.15, 0.2) is 36.4 Å². The lowest BCUT2D eigenvalue weighted by molar-refractivity contribution is -0.153. The van der Waals surface area contributed by atoms with Crippen molar-refractivity contribution in [1.82, 2.24) is 4.90 Å². The smallest absolute Gasteiger partial charge is 0.306 e. The summed E-state index contributed by atoms with van der Waals surface area (Å²) in [5.41, 5.74) is 4.35. The van der Waals surface area contributed by atoms with E-state index in [1.54, 1.807) is 24.3 Å². The molecule has 0 bridgehead atoms. The van der Waals surface area contributed by atoms with E-state index in [1.807, 2.05) is 32.9 Å². The number of fused-ring (bicyclic) bond motifs is 1. The number of hydrogen-bond donors (Lipinski definition) is 1. The molecule has 1 heterocycles. The van der Waals surface area contributed by atoms with Crippen LogP contribution in [0.4, 0.5) is 5.69 Å². The van der Waals surface area contributed by atoms with E-state index in [0.29, 0.717) is 16.8 Å². The Bertz CT molecular complexity index is 1060. The zero-order valence-corrected chi connectivity index (χ0v) is 18.2. The maximum atomic E-state index is 12.5. The molecule has 3 amide bonds. The molecule has 0 saturated heterocycles. The third-order valence-electron chi connectivity index (χ3n) is 5.21. The van der Waals surface area contributed by atoms with Crippen molar-refractivity contribution >= 4 is 29.4 Å². The number of benzene rings is 2. The summed E-state index contributed by atoms with van der Waals surface area (Å²) >= 11 is 0. The Morgan fingerprint density at radius 3 is 2.32 bits per heavy atom. The number of esters is 1. The molecule has 0 aromatic heterocycles. The summed E-state index contributed by atoms with van der Waals surface area (Å²) in [6.07, 6.45) is -0.710. The van der Waals surface area contributed by atoms with Crippen LogP contribution >= 0.6 is 0 Å². The number of anilines is 1. The van der Waals surface area contributed by atoms with Crippen LogP contribution in [0.3, 0.4) is 0 Å². The summed E-state index contributed by atoms with van der Waals surface area (Å²) in [5, 5.41) is 2.76. The van der Waals surface area contributed by atoms with Gasteiger partial charge in [0.1, 0.15) is 0 Å². The van der Waals surface area contributed by atoms with Crippen LogP contribution in [0.2, 0.25) is 0 Å². The Morgan fingerprint density at radius 2 is 1.61 bits per heavy atom. The van der Waals surface area contributed by atoms with Crippen molar-refractivity contribution in [2.75, 3.05) is 11.9 Å². The van der Waals surface area contributed by atoms with Gasteiger partial charge in [-0.3, -0.25) is 24.1 Å².